The summed E-state index contributed by atoms with van der Waals surface area (Å²) in [6, 6.07) is 13.5. The number of alkyl halides is 1. The molecular formula is C35H39F2N7O3. The van der Waals surface area contributed by atoms with Gasteiger partial charge in [0.05, 0.1) is 36.7 Å². The van der Waals surface area contributed by atoms with Crippen molar-refractivity contribution < 1.29 is 23.0 Å². The molecule has 4 heterocycles. The first-order valence-corrected chi connectivity index (χ1v) is 16.0. The molecule has 0 saturated carbocycles. The van der Waals surface area contributed by atoms with E-state index in [2.05, 4.69) is 20.9 Å². The number of halogens is 2. The highest BCUT2D eigenvalue weighted by Crippen LogP contribution is 2.36. The molecule has 0 unspecified atom stereocenters. The minimum atomic E-state index is -0.585. The lowest BCUT2D eigenvalue weighted by Crippen LogP contribution is -2.55. The number of likely N-dealkylation sites (tertiary alicyclic amines) is 1. The number of amides is 1. The highest BCUT2D eigenvalue weighted by molar-refractivity contribution is 6.00. The van der Waals surface area contributed by atoms with E-state index in [0.29, 0.717) is 29.9 Å². The first kappa shape index (κ1) is 32.5. The van der Waals surface area contributed by atoms with Crippen LogP contribution in [0.3, 0.4) is 0 Å². The van der Waals surface area contributed by atoms with Crippen molar-refractivity contribution in [2.45, 2.75) is 50.8 Å². The van der Waals surface area contributed by atoms with E-state index in [-0.39, 0.29) is 67.7 Å². The third kappa shape index (κ3) is 6.55. The summed E-state index contributed by atoms with van der Waals surface area (Å²) in [5.41, 5.74) is 1.92. The Bertz CT molecular complexity index is 1810. The van der Waals surface area contributed by atoms with Crippen LogP contribution in [0, 0.1) is 24.1 Å². The number of piperazine rings is 1. The van der Waals surface area contributed by atoms with Crippen LogP contribution in [0.5, 0.6) is 6.01 Å². The van der Waals surface area contributed by atoms with E-state index in [1.54, 1.807) is 18.2 Å². The molecule has 2 aromatic heterocycles. The lowest BCUT2D eigenvalue weighted by atomic mass is 9.97. The summed E-state index contributed by atoms with van der Waals surface area (Å²) in [6.45, 7) is 3.45. The third-order valence-electron chi connectivity index (χ3n) is 9.35. The number of nitriles is 1. The van der Waals surface area contributed by atoms with Crippen molar-refractivity contribution in [3.8, 4) is 23.3 Å². The molecule has 4 aromatic rings. The van der Waals surface area contributed by atoms with Crippen LogP contribution in [0.2, 0.25) is 0 Å². The van der Waals surface area contributed by atoms with Gasteiger partial charge in [0.25, 0.3) is 0 Å². The Morgan fingerprint density at radius 2 is 1.94 bits per heavy atom. The molecule has 12 heteroatoms. The van der Waals surface area contributed by atoms with Crippen molar-refractivity contribution in [3.05, 3.63) is 54.0 Å². The zero-order valence-electron chi connectivity index (χ0n) is 27.0. The van der Waals surface area contributed by atoms with Crippen molar-refractivity contribution in [1.82, 2.24) is 24.8 Å². The molecule has 0 aliphatic carbocycles. The Labute approximate surface area is 272 Å². The van der Waals surface area contributed by atoms with E-state index >= 15 is 4.39 Å². The van der Waals surface area contributed by atoms with Gasteiger partial charge >= 0.3 is 6.01 Å². The lowest BCUT2D eigenvalue weighted by molar-refractivity contribution is -0.134. The van der Waals surface area contributed by atoms with Gasteiger partial charge in [0.15, 0.2) is 5.82 Å². The van der Waals surface area contributed by atoms with Crippen LogP contribution >= 0.6 is 0 Å². The number of pyridine rings is 1. The van der Waals surface area contributed by atoms with E-state index in [1.807, 2.05) is 55.3 Å². The maximum Gasteiger partial charge on any atom is 0.319 e. The Morgan fingerprint density at radius 3 is 2.68 bits per heavy atom. The second kappa shape index (κ2) is 14.1. The number of methoxy groups -OCH3 is 1. The van der Waals surface area contributed by atoms with Crippen LogP contribution in [0.25, 0.3) is 32.9 Å². The zero-order valence-corrected chi connectivity index (χ0v) is 27.0. The predicted molar refractivity (Wildman–Crippen MR) is 175 cm³/mol. The Kier molecular flexibility index (Phi) is 9.75. The van der Waals surface area contributed by atoms with Gasteiger partial charge in [0, 0.05) is 57.5 Å². The highest BCUT2D eigenvalue weighted by Gasteiger charge is 2.33. The van der Waals surface area contributed by atoms with Crippen molar-refractivity contribution in [2.24, 2.45) is 0 Å². The standard InChI is InChI=1S/C35H39F2N7O3/c1-22-7-4-8-23-9-5-10-27(30(22)23)32-31(37)33-28(18-39-32)34(41-35(40-33)47-21-25-17-26(46-3)20-42(25)2)43-15-16-44(24(19-43)12-14-38)29(45)11-6-13-36/h4-5,7-10,18,24-26H,6,11-13,15-17,19-21H2,1-3H3/t24-,25-,26+/m0/s1. The molecule has 246 valence electrons. The minimum Gasteiger partial charge on any atom is -0.462 e. The summed E-state index contributed by atoms with van der Waals surface area (Å²) < 4.78 is 41.3. The van der Waals surface area contributed by atoms with Crippen molar-refractivity contribution in [3.63, 3.8) is 0 Å². The van der Waals surface area contributed by atoms with Crippen LogP contribution in [-0.4, -0.2) is 102 Å². The van der Waals surface area contributed by atoms with Gasteiger partial charge in [-0.3, -0.25) is 19.1 Å². The van der Waals surface area contributed by atoms with Crippen LogP contribution in [0.15, 0.2) is 42.6 Å². The number of benzene rings is 2. The summed E-state index contributed by atoms with van der Waals surface area (Å²) in [6.07, 6.45) is 2.78. The topological polar surface area (TPSA) is 108 Å². The SMILES string of the molecule is CO[C@@H]1C[C@@H](COc2nc(N3CCN(C(=O)CCCF)[C@@H](CC#N)C3)c3cnc(-c4cccc5cccc(C)c45)c(F)c3n2)N(C)C1. The van der Waals surface area contributed by atoms with E-state index < -0.39 is 18.5 Å². The molecule has 1 amide bonds. The average Bonchev–Trinajstić information content (AvgIpc) is 3.45. The Hall–Kier alpha value is -4.47. The molecule has 47 heavy (non-hydrogen) atoms. The van der Waals surface area contributed by atoms with Crippen LogP contribution < -0.4 is 9.64 Å². The summed E-state index contributed by atoms with van der Waals surface area (Å²) in [7, 11) is 3.70. The molecule has 0 N–H and O–H groups in total. The fraction of sp³-hybridized carbons (Fsp3) is 0.457. The van der Waals surface area contributed by atoms with E-state index in [0.717, 1.165) is 29.3 Å². The van der Waals surface area contributed by atoms with Gasteiger partial charge in [-0.25, -0.2) is 4.39 Å². The van der Waals surface area contributed by atoms with E-state index in [4.69, 9.17) is 14.5 Å². The van der Waals surface area contributed by atoms with Gasteiger partial charge in [-0.05, 0) is 43.1 Å². The number of rotatable bonds is 10. The van der Waals surface area contributed by atoms with Gasteiger partial charge in [0.1, 0.15) is 23.6 Å². The summed E-state index contributed by atoms with van der Waals surface area (Å²) >= 11 is 0. The number of aromatic nitrogens is 3. The molecule has 0 spiro atoms. The van der Waals surface area contributed by atoms with Gasteiger partial charge in [-0.1, -0.05) is 36.4 Å². The number of anilines is 1. The molecule has 2 aliphatic rings. The Morgan fingerprint density at radius 1 is 1.13 bits per heavy atom. The maximum atomic E-state index is 16.7. The lowest BCUT2D eigenvalue weighted by Gasteiger charge is -2.41. The number of hydrogen-bond donors (Lipinski definition) is 0. The summed E-state index contributed by atoms with van der Waals surface area (Å²) in [5, 5.41) is 11.9. The molecule has 2 aromatic carbocycles. The van der Waals surface area contributed by atoms with Crippen molar-refractivity contribution in [1.29, 1.82) is 5.26 Å². The van der Waals surface area contributed by atoms with Crippen molar-refractivity contribution >= 4 is 33.4 Å². The molecule has 2 saturated heterocycles. The van der Waals surface area contributed by atoms with Gasteiger partial charge in [-0.2, -0.15) is 15.2 Å². The Balaban J connectivity index is 1.41. The summed E-state index contributed by atoms with van der Waals surface area (Å²) in [5.74, 6) is -0.347. The molecule has 2 fully saturated rings. The molecule has 0 radical (unpaired) electrons. The second-order valence-electron chi connectivity index (χ2n) is 12.3. The molecular weight excluding hydrogens is 604 g/mol. The molecule has 3 atom stereocenters. The maximum absolute atomic E-state index is 16.7. The monoisotopic (exact) mass is 643 g/mol. The number of nitrogens with zero attached hydrogens (tertiary/aromatic N) is 7. The van der Waals surface area contributed by atoms with E-state index in [1.165, 1.54) is 0 Å². The highest BCUT2D eigenvalue weighted by atomic mass is 19.1. The number of carbonyl (C=O) groups is 1. The molecule has 0 bridgehead atoms. The predicted octanol–water partition coefficient (Wildman–Crippen LogP) is 5.07. The average molecular weight is 644 g/mol. The number of carbonyl (C=O) groups excluding carboxylic acids is 1. The fourth-order valence-electron chi connectivity index (χ4n) is 6.82. The van der Waals surface area contributed by atoms with Crippen LogP contribution in [-0.2, 0) is 9.53 Å². The summed E-state index contributed by atoms with van der Waals surface area (Å²) in [4.78, 5) is 32.6. The number of hydrogen-bond acceptors (Lipinski definition) is 9. The quantitative estimate of drug-likeness (QED) is 0.234. The third-order valence-corrected chi connectivity index (χ3v) is 9.35. The van der Waals surface area contributed by atoms with Gasteiger partial charge < -0.3 is 19.3 Å². The van der Waals surface area contributed by atoms with Gasteiger partial charge in [-0.15, -0.1) is 0 Å². The van der Waals surface area contributed by atoms with Crippen LogP contribution in [0.4, 0.5) is 14.6 Å². The molecule has 6 rings (SSSR count). The van der Waals surface area contributed by atoms with E-state index in [9.17, 15) is 14.4 Å². The first-order chi connectivity index (χ1) is 22.8. The molecule has 2 aliphatic heterocycles. The second-order valence-corrected chi connectivity index (χ2v) is 12.3. The van der Waals surface area contributed by atoms with Crippen LogP contribution in [0.1, 0.15) is 31.2 Å². The fourth-order valence-corrected chi connectivity index (χ4v) is 6.82. The first-order valence-electron chi connectivity index (χ1n) is 16.0. The normalized spacial score (nSPS) is 20.2. The zero-order chi connectivity index (χ0) is 33.1. The smallest absolute Gasteiger partial charge is 0.319 e. The number of likely N-dealkylation sites (N-methyl/N-ethyl adjacent to an activating group) is 1. The number of aryl methyl sites for hydroxylation is 1. The largest absolute Gasteiger partial charge is 0.462 e. The number of ether oxygens (including phenoxy) is 2. The van der Waals surface area contributed by atoms with Crippen molar-refractivity contribution in [2.75, 3.05) is 58.5 Å². The number of fused-ring (bicyclic) bond motifs is 2. The van der Waals surface area contributed by atoms with Gasteiger partial charge in [0.2, 0.25) is 5.91 Å². The minimum absolute atomic E-state index is 0.0326. The molecule has 10 nitrogen and oxygen atoms in total.